The Morgan fingerprint density at radius 1 is 0.821 bits per heavy atom. The highest BCUT2D eigenvalue weighted by atomic mass is 32.2. The third-order valence-electron chi connectivity index (χ3n) is 5.45. The smallest absolute Gasteiger partial charge is 0.272 e. The van der Waals surface area contributed by atoms with Gasteiger partial charge in [0, 0.05) is 34.2 Å². The molecule has 3 aromatic carbocycles. The van der Waals surface area contributed by atoms with Gasteiger partial charge in [-0.25, -0.2) is 4.39 Å². The molecule has 1 unspecified atom stereocenters. The van der Waals surface area contributed by atoms with Gasteiger partial charge in [-0.1, -0.05) is 30.3 Å². The predicted molar refractivity (Wildman–Crippen MR) is 152 cm³/mol. The number of halogens is 1. The molecule has 0 bridgehead atoms. The Morgan fingerprint density at radius 2 is 1.46 bits per heavy atom. The van der Waals surface area contributed by atoms with E-state index in [1.54, 1.807) is 86.0 Å². The molecule has 4 aromatic rings. The van der Waals surface area contributed by atoms with Crippen LogP contribution in [0, 0.1) is 5.82 Å². The molecule has 3 amide bonds. The fourth-order valence-corrected chi connectivity index (χ4v) is 4.29. The summed E-state index contributed by atoms with van der Waals surface area (Å²) in [6.45, 7) is 1.80. The van der Waals surface area contributed by atoms with Crippen molar-refractivity contribution in [3.63, 3.8) is 0 Å². The van der Waals surface area contributed by atoms with Crippen LogP contribution in [0.4, 0.5) is 15.8 Å². The summed E-state index contributed by atoms with van der Waals surface area (Å²) in [5, 5.41) is 7.91. The summed E-state index contributed by atoms with van der Waals surface area (Å²) < 4.78 is 13.4. The van der Waals surface area contributed by atoms with E-state index in [2.05, 4.69) is 20.9 Å². The van der Waals surface area contributed by atoms with Gasteiger partial charge in [0.25, 0.3) is 11.8 Å². The van der Waals surface area contributed by atoms with Crippen molar-refractivity contribution in [3.8, 4) is 0 Å². The summed E-state index contributed by atoms with van der Waals surface area (Å²) in [5.74, 6) is -1.55. The van der Waals surface area contributed by atoms with E-state index in [1.807, 2.05) is 0 Å². The Hall–Kier alpha value is -4.76. The highest BCUT2D eigenvalue weighted by molar-refractivity contribution is 8.00. The number of hydrogen-bond donors (Lipinski definition) is 3. The van der Waals surface area contributed by atoms with Crippen molar-refractivity contribution in [2.24, 2.45) is 0 Å². The van der Waals surface area contributed by atoms with Gasteiger partial charge >= 0.3 is 0 Å². The van der Waals surface area contributed by atoms with Gasteiger partial charge in [-0.3, -0.25) is 19.4 Å². The number of carbonyl (C=O) groups is 3. The molecule has 0 saturated carbocycles. The molecule has 0 aliphatic heterocycles. The van der Waals surface area contributed by atoms with Crippen LogP contribution in [0.2, 0.25) is 0 Å². The minimum Gasteiger partial charge on any atom is -0.325 e. The van der Waals surface area contributed by atoms with Gasteiger partial charge in [-0.05, 0) is 79.2 Å². The first-order chi connectivity index (χ1) is 18.9. The molecule has 0 aliphatic rings. The minimum absolute atomic E-state index is 0.00434. The number of thioether (sulfide) groups is 1. The monoisotopic (exact) mass is 540 g/mol. The van der Waals surface area contributed by atoms with Crippen LogP contribution in [-0.4, -0.2) is 28.0 Å². The average molecular weight is 541 g/mol. The van der Waals surface area contributed by atoms with Gasteiger partial charge in [-0.15, -0.1) is 11.8 Å². The zero-order valence-electron chi connectivity index (χ0n) is 20.9. The maximum Gasteiger partial charge on any atom is 0.272 e. The molecule has 3 N–H and O–H groups in total. The van der Waals surface area contributed by atoms with E-state index in [-0.39, 0.29) is 16.9 Å². The van der Waals surface area contributed by atoms with Crippen molar-refractivity contribution in [2.75, 3.05) is 10.6 Å². The van der Waals surface area contributed by atoms with Crippen molar-refractivity contribution in [1.29, 1.82) is 0 Å². The Labute approximate surface area is 229 Å². The zero-order chi connectivity index (χ0) is 27.6. The Bertz CT molecular complexity index is 1460. The van der Waals surface area contributed by atoms with Gasteiger partial charge in [0.2, 0.25) is 5.91 Å². The van der Waals surface area contributed by atoms with Crippen molar-refractivity contribution in [1.82, 2.24) is 10.3 Å². The first-order valence-electron chi connectivity index (χ1n) is 12.0. The van der Waals surface area contributed by atoms with Gasteiger partial charge in [0.15, 0.2) is 0 Å². The summed E-state index contributed by atoms with van der Waals surface area (Å²) in [6.07, 6.45) is 4.69. The minimum atomic E-state index is -0.547. The average Bonchev–Trinajstić information content (AvgIpc) is 2.95. The molecule has 196 valence electrons. The Balaban J connectivity index is 1.43. The van der Waals surface area contributed by atoms with E-state index in [1.165, 1.54) is 42.1 Å². The summed E-state index contributed by atoms with van der Waals surface area (Å²) in [6, 6.07) is 24.5. The fraction of sp³-hybridized carbons (Fsp3) is 0.0667. The molecule has 0 spiro atoms. The third-order valence-corrected chi connectivity index (χ3v) is 6.56. The summed E-state index contributed by atoms with van der Waals surface area (Å²) in [4.78, 5) is 43.2. The normalized spacial score (nSPS) is 11.8. The van der Waals surface area contributed by atoms with E-state index in [4.69, 9.17) is 0 Å². The lowest BCUT2D eigenvalue weighted by atomic mass is 10.1. The van der Waals surface area contributed by atoms with E-state index in [9.17, 15) is 18.8 Å². The standard InChI is InChI=1S/C30H25FN4O3S/c1-20(28(36)33-25-15-17-32-18-16-25)39-26-13-11-24(12-14-26)34-30(38)27(19-21-7-9-23(31)10-8-21)35-29(37)22-5-3-2-4-6-22/h2-20H,1H3,(H,34,38)(H,35,37)(H,32,33,36)/b27-19-. The van der Waals surface area contributed by atoms with Gasteiger partial charge in [0.1, 0.15) is 11.5 Å². The van der Waals surface area contributed by atoms with Crippen molar-refractivity contribution in [2.45, 2.75) is 17.1 Å². The summed E-state index contributed by atoms with van der Waals surface area (Å²) >= 11 is 1.37. The number of hydrogen-bond acceptors (Lipinski definition) is 5. The summed E-state index contributed by atoms with van der Waals surface area (Å²) in [5.41, 5.74) is 2.09. The number of pyridine rings is 1. The number of benzene rings is 3. The predicted octanol–water partition coefficient (Wildman–Crippen LogP) is 5.75. The molecule has 4 rings (SSSR count). The van der Waals surface area contributed by atoms with Crippen LogP contribution < -0.4 is 16.0 Å². The lowest BCUT2D eigenvalue weighted by Crippen LogP contribution is -2.30. The third kappa shape index (κ3) is 8.11. The lowest BCUT2D eigenvalue weighted by molar-refractivity contribution is -0.115. The summed E-state index contributed by atoms with van der Waals surface area (Å²) in [7, 11) is 0. The van der Waals surface area contributed by atoms with Gasteiger partial charge in [0.05, 0.1) is 5.25 Å². The number of nitrogens with zero attached hydrogens (tertiary/aromatic N) is 1. The van der Waals surface area contributed by atoms with Crippen LogP contribution >= 0.6 is 11.8 Å². The number of nitrogens with one attached hydrogen (secondary N) is 3. The maximum absolute atomic E-state index is 13.4. The molecule has 0 saturated heterocycles. The Morgan fingerprint density at radius 3 is 2.13 bits per heavy atom. The van der Waals surface area contributed by atoms with E-state index < -0.39 is 17.6 Å². The zero-order valence-corrected chi connectivity index (χ0v) is 21.7. The second kappa shape index (κ2) is 13.2. The number of anilines is 2. The number of amides is 3. The van der Waals surface area contributed by atoms with Crippen LogP contribution in [0.1, 0.15) is 22.8 Å². The first kappa shape index (κ1) is 27.3. The molecule has 7 nitrogen and oxygen atoms in total. The van der Waals surface area contributed by atoms with Crippen LogP contribution in [-0.2, 0) is 9.59 Å². The van der Waals surface area contributed by atoms with E-state index >= 15 is 0 Å². The SMILES string of the molecule is CC(Sc1ccc(NC(=O)/C(=C/c2ccc(F)cc2)NC(=O)c2ccccc2)cc1)C(=O)Nc1ccncc1. The topological polar surface area (TPSA) is 100 Å². The Kier molecular flexibility index (Phi) is 9.20. The molecule has 0 aliphatic carbocycles. The molecule has 0 radical (unpaired) electrons. The van der Waals surface area contributed by atoms with E-state index in [0.717, 1.165) is 4.90 Å². The molecule has 1 aromatic heterocycles. The quantitative estimate of drug-likeness (QED) is 0.185. The van der Waals surface area contributed by atoms with Crippen LogP contribution in [0.15, 0.2) is 114 Å². The lowest BCUT2D eigenvalue weighted by Gasteiger charge is -2.13. The molecule has 9 heteroatoms. The largest absolute Gasteiger partial charge is 0.325 e. The fourth-order valence-electron chi connectivity index (χ4n) is 3.42. The second-order valence-corrected chi connectivity index (χ2v) is 9.81. The maximum atomic E-state index is 13.4. The van der Waals surface area contributed by atoms with Crippen LogP contribution in [0.25, 0.3) is 6.08 Å². The second-order valence-electron chi connectivity index (χ2n) is 8.39. The number of carbonyl (C=O) groups excluding carboxylic acids is 3. The molecule has 0 fully saturated rings. The van der Waals surface area contributed by atoms with Crippen LogP contribution in [0.3, 0.4) is 0 Å². The van der Waals surface area contributed by atoms with Gasteiger partial charge in [-0.2, -0.15) is 0 Å². The van der Waals surface area contributed by atoms with Gasteiger partial charge < -0.3 is 16.0 Å². The van der Waals surface area contributed by atoms with Crippen molar-refractivity contribution < 1.29 is 18.8 Å². The highest BCUT2D eigenvalue weighted by Gasteiger charge is 2.17. The molecule has 1 atom stereocenters. The first-order valence-corrected chi connectivity index (χ1v) is 12.9. The molecular weight excluding hydrogens is 515 g/mol. The number of rotatable bonds is 9. The highest BCUT2D eigenvalue weighted by Crippen LogP contribution is 2.26. The van der Waals surface area contributed by atoms with Crippen molar-refractivity contribution >= 4 is 46.9 Å². The molecule has 1 heterocycles. The van der Waals surface area contributed by atoms with Crippen molar-refractivity contribution in [3.05, 3.63) is 126 Å². The van der Waals surface area contributed by atoms with Crippen LogP contribution in [0.5, 0.6) is 0 Å². The number of aromatic nitrogens is 1. The molecular formula is C30H25FN4O3S. The molecule has 39 heavy (non-hydrogen) atoms. The van der Waals surface area contributed by atoms with E-state index in [0.29, 0.717) is 22.5 Å².